The van der Waals surface area contributed by atoms with Gasteiger partial charge in [0.25, 0.3) is 11.1 Å². The first-order chi connectivity index (χ1) is 18.9. The fourth-order valence-electron chi connectivity index (χ4n) is 4.49. The average molecular weight is 553 g/mol. The van der Waals surface area contributed by atoms with Gasteiger partial charge in [0.05, 0.1) is 6.20 Å². The third kappa shape index (κ3) is 5.17. The lowest BCUT2D eigenvalue weighted by Crippen LogP contribution is -2.19. The van der Waals surface area contributed by atoms with E-state index in [0.717, 1.165) is 24.5 Å². The second kappa shape index (κ2) is 10.2. The van der Waals surface area contributed by atoms with Gasteiger partial charge in [0.2, 0.25) is 0 Å². The maximum absolute atomic E-state index is 13.1. The third-order valence-corrected chi connectivity index (χ3v) is 6.59. The first-order valence-electron chi connectivity index (χ1n) is 12.4. The summed E-state index contributed by atoms with van der Waals surface area (Å²) in [5, 5.41) is 3.86. The van der Waals surface area contributed by atoms with Crippen molar-refractivity contribution in [3.8, 4) is 39.3 Å². The van der Waals surface area contributed by atoms with Crippen LogP contribution in [0.4, 0.5) is 13.2 Å². The molecule has 1 aromatic carbocycles. The molecule has 40 heavy (non-hydrogen) atoms. The van der Waals surface area contributed by atoms with E-state index in [2.05, 4.69) is 10.1 Å². The number of alkyl halides is 3. The monoisotopic (exact) mass is 552 g/mol. The molecule has 0 fully saturated rings. The number of hydrogen-bond donors (Lipinski definition) is 1. The first kappa shape index (κ1) is 27.0. The van der Waals surface area contributed by atoms with Gasteiger partial charge in [-0.2, -0.15) is 9.78 Å². The summed E-state index contributed by atoms with van der Waals surface area (Å²) >= 11 is 0. The van der Waals surface area contributed by atoms with Gasteiger partial charge >= 0.3 is 6.30 Å². The summed E-state index contributed by atoms with van der Waals surface area (Å²) in [4.78, 5) is 30.8. The second-order valence-corrected chi connectivity index (χ2v) is 9.80. The van der Waals surface area contributed by atoms with Crippen LogP contribution in [0.2, 0.25) is 0 Å². The van der Waals surface area contributed by atoms with E-state index >= 15 is 0 Å². The van der Waals surface area contributed by atoms with E-state index in [-0.39, 0.29) is 32.6 Å². The van der Waals surface area contributed by atoms with E-state index in [1.165, 1.54) is 15.2 Å². The Morgan fingerprint density at radius 3 is 2.40 bits per heavy atom. The molecule has 4 heterocycles. The molecule has 0 bridgehead atoms. The van der Waals surface area contributed by atoms with Crippen molar-refractivity contribution in [2.24, 2.45) is 14.1 Å². The molecule has 4 aromatic heterocycles. The number of rotatable bonds is 7. The Labute approximate surface area is 226 Å². The van der Waals surface area contributed by atoms with E-state index in [4.69, 9.17) is 4.74 Å². The largest absolute Gasteiger partial charge is 0.504 e. The Hall–Kier alpha value is -4.58. The molecule has 0 radical (unpaired) electrons. The van der Waals surface area contributed by atoms with Gasteiger partial charge in [0.15, 0.2) is 0 Å². The third-order valence-electron chi connectivity index (χ3n) is 6.59. The zero-order valence-electron chi connectivity index (χ0n) is 22.3. The number of fused-ring (bicyclic) bond motifs is 1. The van der Waals surface area contributed by atoms with Gasteiger partial charge in [-0.05, 0) is 43.4 Å². The number of aromatic nitrogens is 5. The van der Waals surface area contributed by atoms with Crippen molar-refractivity contribution in [1.82, 2.24) is 28.8 Å². The lowest BCUT2D eigenvalue weighted by molar-refractivity contribution is -0.212. The van der Waals surface area contributed by atoms with Gasteiger partial charge in [0, 0.05) is 73.1 Å². The molecule has 1 N–H and O–H groups in total. The van der Waals surface area contributed by atoms with Crippen molar-refractivity contribution in [3.05, 3.63) is 81.9 Å². The number of aryl methyl sites for hydroxylation is 2. The molecule has 5 aromatic rings. The minimum absolute atomic E-state index is 0.0978. The molecule has 0 atom stereocenters. The van der Waals surface area contributed by atoms with Gasteiger partial charge in [-0.15, -0.1) is 13.2 Å². The number of aromatic amines is 1. The number of H-pyrrole nitrogens is 1. The molecule has 0 saturated carbocycles. The zero-order valence-corrected chi connectivity index (χ0v) is 22.3. The van der Waals surface area contributed by atoms with Crippen molar-refractivity contribution < 1.29 is 17.9 Å². The maximum atomic E-state index is 13.1. The van der Waals surface area contributed by atoms with E-state index in [0.29, 0.717) is 34.4 Å². The van der Waals surface area contributed by atoms with E-state index in [1.54, 1.807) is 32.6 Å². The summed E-state index contributed by atoms with van der Waals surface area (Å²) in [6.07, 6.45) is 0.592. The van der Waals surface area contributed by atoms with Gasteiger partial charge < -0.3 is 23.8 Å². The summed E-state index contributed by atoms with van der Waals surface area (Å²) in [5.74, 6) is 0.662. The fourth-order valence-corrected chi connectivity index (χ4v) is 4.49. The molecule has 9 nitrogen and oxygen atoms in total. The normalized spacial score (nSPS) is 12.0. The summed E-state index contributed by atoms with van der Waals surface area (Å²) in [5.41, 5.74) is 2.65. The van der Waals surface area contributed by atoms with Gasteiger partial charge in [-0.3, -0.25) is 9.59 Å². The number of benzene rings is 1. The summed E-state index contributed by atoms with van der Waals surface area (Å²) in [6.45, 7) is 1.23. The van der Waals surface area contributed by atoms with Crippen LogP contribution in [-0.4, -0.2) is 56.0 Å². The van der Waals surface area contributed by atoms with E-state index in [1.807, 2.05) is 43.3 Å². The van der Waals surface area contributed by atoms with Gasteiger partial charge in [-0.25, -0.2) is 0 Å². The predicted molar refractivity (Wildman–Crippen MR) is 146 cm³/mol. The number of nitrogens with one attached hydrogen (secondary N) is 1. The summed E-state index contributed by atoms with van der Waals surface area (Å²) < 4.78 is 48.0. The molecule has 0 spiro atoms. The number of likely N-dealkylation sites (N-methyl/N-ethyl adjacent to an activating group) is 1. The van der Waals surface area contributed by atoms with Crippen LogP contribution in [0.1, 0.15) is 0 Å². The lowest BCUT2D eigenvalue weighted by Gasteiger charge is -2.15. The molecule has 208 valence electrons. The Morgan fingerprint density at radius 1 is 0.950 bits per heavy atom. The minimum Gasteiger partial charge on any atom is -0.492 e. The predicted octanol–water partition coefficient (Wildman–Crippen LogP) is 4.18. The fraction of sp³-hybridized carbons (Fsp3) is 0.250. The van der Waals surface area contributed by atoms with Crippen LogP contribution in [0.15, 0.2) is 70.8 Å². The number of pyridine rings is 2. The van der Waals surface area contributed by atoms with Crippen LogP contribution in [0.3, 0.4) is 0 Å². The molecule has 0 unspecified atom stereocenters. The smallest absolute Gasteiger partial charge is 0.492 e. The van der Waals surface area contributed by atoms with Crippen LogP contribution in [-0.2, 0) is 20.4 Å². The summed E-state index contributed by atoms with van der Waals surface area (Å²) in [7, 11) is 7.14. The zero-order chi connectivity index (χ0) is 28.8. The molecule has 0 aliphatic carbocycles. The number of ether oxygens (including phenoxy) is 1. The Kier molecular flexibility index (Phi) is 6.88. The molecular weight excluding hydrogens is 525 g/mol. The van der Waals surface area contributed by atoms with Crippen LogP contribution in [0.5, 0.6) is 5.75 Å². The van der Waals surface area contributed by atoms with Gasteiger partial charge in [0.1, 0.15) is 17.9 Å². The number of nitrogens with zero attached hydrogens (tertiary/aromatic N) is 5. The van der Waals surface area contributed by atoms with E-state index in [9.17, 15) is 22.8 Å². The van der Waals surface area contributed by atoms with Gasteiger partial charge in [-0.1, -0.05) is 12.1 Å². The van der Waals surface area contributed by atoms with Crippen LogP contribution in [0, 0.1) is 0 Å². The quantitative estimate of drug-likeness (QED) is 0.327. The molecule has 0 aliphatic heterocycles. The second-order valence-electron chi connectivity index (χ2n) is 9.80. The molecule has 12 heteroatoms. The Morgan fingerprint density at radius 2 is 1.70 bits per heavy atom. The standard InChI is InChI=1S/C28H27F3N6O3/c1-34(2)8-9-40-19-7-5-6-17(10-19)22-15-35(3)25(38)12-20(22)23-16-36(4)27(39)26-21(23)11-24(33-26)18-13-32-37(14-18)28(29,30)31/h5-7,10-16,33H,8-9H2,1-4H3. The highest BCUT2D eigenvalue weighted by atomic mass is 19.4. The Balaban J connectivity index is 1.68. The molecule has 0 aliphatic rings. The molecular formula is C28H27F3N6O3. The Bertz CT molecular complexity index is 1830. The highest BCUT2D eigenvalue weighted by Gasteiger charge is 2.32. The maximum Gasteiger partial charge on any atom is 0.504 e. The summed E-state index contributed by atoms with van der Waals surface area (Å²) in [6, 6.07) is 10.6. The van der Waals surface area contributed by atoms with Crippen LogP contribution in [0.25, 0.3) is 44.4 Å². The topological polar surface area (TPSA) is 90.1 Å². The minimum atomic E-state index is -4.67. The molecule has 0 amide bonds. The molecule has 0 saturated heterocycles. The molecule has 5 rings (SSSR count). The van der Waals surface area contributed by atoms with Crippen LogP contribution >= 0.6 is 0 Å². The highest BCUT2D eigenvalue weighted by molar-refractivity contribution is 6.00. The van der Waals surface area contributed by atoms with Crippen molar-refractivity contribution in [2.75, 3.05) is 27.2 Å². The van der Waals surface area contributed by atoms with Crippen LogP contribution < -0.4 is 15.9 Å². The number of halogens is 3. The first-order valence-corrected chi connectivity index (χ1v) is 12.4. The highest BCUT2D eigenvalue weighted by Crippen LogP contribution is 2.37. The van der Waals surface area contributed by atoms with Crippen molar-refractivity contribution >= 4 is 10.9 Å². The van der Waals surface area contributed by atoms with Crippen molar-refractivity contribution in [3.63, 3.8) is 0 Å². The SMILES string of the molecule is CN(C)CCOc1cccc(-c2cn(C)c(=O)cc2-c2cn(C)c(=O)c3[nH]c(-c4cnn(C(F)(F)F)c4)cc23)c1. The lowest BCUT2D eigenvalue weighted by atomic mass is 9.95. The number of hydrogen-bond acceptors (Lipinski definition) is 5. The van der Waals surface area contributed by atoms with Crippen molar-refractivity contribution in [1.29, 1.82) is 0 Å². The average Bonchev–Trinajstić information content (AvgIpc) is 3.56. The van der Waals surface area contributed by atoms with E-state index < -0.39 is 6.30 Å². The van der Waals surface area contributed by atoms with Crippen molar-refractivity contribution in [2.45, 2.75) is 6.30 Å².